The molecular weight excluding hydrogens is 248 g/mol. The van der Waals surface area contributed by atoms with Gasteiger partial charge in [-0.05, 0) is 20.8 Å². The van der Waals surface area contributed by atoms with E-state index < -0.39 is 11.0 Å². The van der Waals surface area contributed by atoms with E-state index in [0.29, 0.717) is 19.6 Å². The van der Waals surface area contributed by atoms with E-state index in [4.69, 9.17) is 9.47 Å². The molecule has 0 radical (unpaired) electrons. The van der Waals surface area contributed by atoms with Crippen molar-refractivity contribution in [3.8, 4) is 0 Å². The third kappa shape index (κ3) is 2.54. The number of fused-ring (bicyclic) bond motifs is 1. The minimum atomic E-state index is -0.606. The highest BCUT2D eigenvalue weighted by Crippen LogP contribution is 2.40. The second-order valence-electron chi connectivity index (χ2n) is 6.34. The highest BCUT2D eigenvalue weighted by Gasteiger charge is 2.57. The molecule has 0 spiro atoms. The molecule has 2 rings (SSSR count). The topological polar surface area (TPSA) is 67.9 Å². The first-order valence-electron chi connectivity index (χ1n) is 6.55. The van der Waals surface area contributed by atoms with E-state index in [1.807, 2.05) is 20.8 Å². The summed E-state index contributed by atoms with van der Waals surface area (Å²) in [5.74, 6) is -0.138. The quantitative estimate of drug-likeness (QED) is 0.707. The van der Waals surface area contributed by atoms with Gasteiger partial charge in [0.1, 0.15) is 11.0 Å². The van der Waals surface area contributed by atoms with E-state index in [1.54, 1.807) is 4.90 Å². The number of nitrogens with zero attached hydrogens (tertiary/aromatic N) is 1. The first-order chi connectivity index (χ1) is 8.78. The molecule has 2 heterocycles. The maximum Gasteiger partial charge on any atom is 0.410 e. The largest absolute Gasteiger partial charge is 0.468 e. The van der Waals surface area contributed by atoms with Crippen LogP contribution in [0.4, 0.5) is 4.79 Å². The van der Waals surface area contributed by atoms with Gasteiger partial charge in [0.2, 0.25) is 0 Å². The third-order valence-electron chi connectivity index (χ3n) is 3.77. The lowest BCUT2D eigenvalue weighted by molar-refractivity contribution is -0.152. The molecule has 1 N–H and O–H groups in total. The number of ether oxygens (including phenoxy) is 2. The van der Waals surface area contributed by atoms with Gasteiger partial charge in [-0.1, -0.05) is 0 Å². The molecule has 0 aromatic rings. The predicted molar refractivity (Wildman–Crippen MR) is 68.6 cm³/mol. The molecule has 2 saturated heterocycles. The van der Waals surface area contributed by atoms with E-state index >= 15 is 0 Å². The minimum Gasteiger partial charge on any atom is -0.468 e. The summed E-state index contributed by atoms with van der Waals surface area (Å²) in [6.45, 7) is 7.69. The number of hydrogen-bond donors (Lipinski definition) is 1. The van der Waals surface area contributed by atoms with Crippen LogP contribution in [0.25, 0.3) is 0 Å². The lowest BCUT2D eigenvalue weighted by atomic mass is 9.81. The molecule has 2 aliphatic heterocycles. The summed E-state index contributed by atoms with van der Waals surface area (Å²) >= 11 is 0. The fourth-order valence-electron chi connectivity index (χ4n) is 2.88. The SMILES string of the molecule is COC(=O)[C@]12CNC[C@@H]1CN(C(=O)OC(C)(C)C)C2. The maximum absolute atomic E-state index is 12.1. The van der Waals surface area contributed by atoms with E-state index in [0.717, 1.165) is 6.54 Å². The van der Waals surface area contributed by atoms with Crippen LogP contribution in [-0.4, -0.2) is 55.9 Å². The van der Waals surface area contributed by atoms with Crippen molar-refractivity contribution >= 4 is 12.1 Å². The molecular formula is C13H22N2O4. The monoisotopic (exact) mass is 270 g/mol. The van der Waals surface area contributed by atoms with Gasteiger partial charge >= 0.3 is 12.1 Å². The standard InChI is InChI=1S/C13H22N2O4/c1-12(2,3)19-11(17)15-6-9-5-14-7-13(9,8-15)10(16)18-4/h9,14H,5-8H2,1-4H3/t9-,13+/m1/s1. The molecule has 19 heavy (non-hydrogen) atoms. The Labute approximate surface area is 113 Å². The van der Waals surface area contributed by atoms with Crippen molar-refractivity contribution in [3.05, 3.63) is 0 Å². The van der Waals surface area contributed by atoms with Crippen molar-refractivity contribution in [2.75, 3.05) is 33.3 Å². The number of carbonyl (C=O) groups is 2. The molecule has 108 valence electrons. The van der Waals surface area contributed by atoms with Crippen molar-refractivity contribution in [1.29, 1.82) is 0 Å². The van der Waals surface area contributed by atoms with Gasteiger partial charge in [0.05, 0.1) is 7.11 Å². The number of likely N-dealkylation sites (tertiary alicyclic amines) is 1. The summed E-state index contributed by atoms with van der Waals surface area (Å²) in [6.07, 6.45) is -0.356. The average Bonchev–Trinajstić information content (AvgIpc) is 2.82. The lowest BCUT2D eigenvalue weighted by Crippen LogP contribution is -2.43. The van der Waals surface area contributed by atoms with Gasteiger partial charge in [-0.15, -0.1) is 0 Å². The number of rotatable bonds is 1. The molecule has 0 aromatic carbocycles. The molecule has 2 atom stereocenters. The summed E-state index contributed by atoms with van der Waals surface area (Å²) in [5, 5.41) is 3.21. The van der Waals surface area contributed by atoms with Crippen LogP contribution in [0.15, 0.2) is 0 Å². The molecule has 6 heteroatoms. The summed E-state index contributed by atoms with van der Waals surface area (Å²) in [6, 6.07) is 0. The molecule has 0 bridgehead atoms. The molecule has 0 unspecified atom stereocenters. The third-order valence-corrected chi connectivity index (χ3v) is 3.77. The lowest BCUT2D eigenvalue weighted by Gasteiger charge is -2.26. The molecule has 0 aromatic heterocycles. The van der Waals surface area contributed by atoms with Gasteiger partial charge < -0.3 is 19.7 Å². The number of carbonyl (C=O) groups excluding carboxylic acids is 2. The van der Waals surface area contributed by atoms with Crippen LogP contribution in [0.5, 0.6) is 0 Å². The number of methoxy groups -OCH3 is 1. The van der Waals surface area contributed by atoms with Crippen molar-refractivity contribution in [2.45, 2.75) is 26.4 Å². The Bertz CT molecular complexity index is 391. The van der Waals surface area contributed by atoms with E-state index in [-0.39, 0.29) is 18.0 Å². The highest BCUT2D eigenvalue weighted by atomic mass is 16.6. The second-order valence-corrected chi connectivity index (χ2v) is 6.34. The average molecular weight is 270 g/mol. The Morgan fingerprint density at radius 1 is 1.37 bits per heavy atom. The summed E-state index contributed by atoms with van der Waals surface area (Å²) in [7, 11) is 1.39. The summed E-state index contributed by atoms with van der Waals surface area (Å²) < 4.78 is 10.3. The van der Waals surface area contributed by atoms with Crippen LogP contribution in [0.3, 0.4) is 0 Å². The predicted octanol–water partition coefficient (Wildman–Crippen LogP) is 0.616. The fourth-order valence-corrected chi connectivity index (χ4v) is 2.88. The number of esters is 1. The summed E-state index contributed by atoms with van der Waals surface area (Å²) in [4.78, 5) is 25.7. The van der Waals surface area contributed by atoms with Crippen LogP contribution in [0.1, 0.15) is 20.8 Å². The smallest absolute Gasteiger partial charge is 0.410 e. The molecule has 0 aliphatic carbocycles. The van der Waals surface area contributed by atoms with Crippen molar-refractivity contribution in [3.63, 3.8) is 0 Å². The van der Waals surface area contributed by atoms with Gasteiger partial charge in [-0.3, -0.25) is 4.79 Å². The second kappa shape index (κ2) is 4.67. The minimum absolute atomic E-state index is 0.104. The Balaban J connectivity index is 2.09. The Morgan fingerprint density at radius 3 is 2.63 bits per heavy atom. The molecule has 6 nitrogen and oxygen atoms in total. The Kier molecular flexibility index (Phi) is 3.47. The van der Waals surface area contributed by atoms with E-state index in [2.05, 4.69) is 5.32 Å². The van der Waals surface area contributed by atoms with Crippen molar-refractivity contribution < 1.29 is 19.1 Å². The number of nitrogens with one attached hydrogen (secondary N) is 1. The molecule has 0 saturated carbocycles. The van der Waals surface area contributed by atoms with Gasteiger partial charge in [0, 0.05) is 32.1 Å². The highest BCUT2D eigenvalue weighted by molar-refractivity contribution is 5.81. The zero-order valence-electron chi connectivity index (χ0n) is 12.0. The molecule has 2 fully saturated rings. The maximum atomic E-state index is 12.1. The van der Waals surface area contributed by atoms with Gasteiger partial charge in [-0.25, -0.2) is 4.79 Å². The van der Waals surface area contributed by atoms with E-state index in [9.17, 15) is 9.59 Å². The van der Waals surface area contributed by atoms with Gasteiger partial charge in [0.15, 0.2) is 0 Å². The van der Waals surface area contributed by atoms with E-state index in [1.165, 1.54) is 7.11 Å². The van der Waals surface area contributed by atoms with Crippen LogP contribution in [0.2, 0.25) is 0 Å². The number of amides is 1. The molecule has 2 aliphatic rings. The first kappa shape index (κ1) is 14.1. The van der Waals surface area contributed by atoms with Crippen LogP contribution in [0, 0.1) is 11.3 Å². The van der Waals surface area contributed by atoms with Gasteiger partial charge in [-0.2, -0.15) is 0 Å². The Morgan fingerprint density at radius 2 is 2.05 bits per heavy atom. The van der Waals surface area contributed by atoms with Gasteiger partial charge in [0.25, 0.3) is 0 Å². The zero-order chi connectivity index (χ0) is 14.3. The van der Waals surface area contributed by atoms with Crippen molar-refractivity contribution in [2.24, 2.45) is 11.3 Å². The number of hydrogen-bond acceptors (Lipinski definition) is 5. The molecule has 1 amide bonds. The zero-order valence-corrected chi connectivity index (χ0v) is 12.0. The fraction of sp³-hybridized carbons (Fsp3) is 0.846. The first-order valence-corrected chi connectivity index (χ1v) is 6.55. The summed E-state index contributed by atoms with van der Waals surface area (Å²) in [5.41, 5.74) is -1.13. The van der Waals surface area contributed by atoms with Crippen LogP contribution >= 0.6 is 0 Å². The van der Waals surface area contributed by atoms with Crippen LogP contribution in [-0.2, 0) is 14.3 Å². The van der Waals surface area contributed by atoms with Crippen LogP contribution < -0.4 is 5.32 Å². The van der Waals surface area contributed by atoms with Crippen molar-refractivity contribution in [1.82, 2.24) is 10.2 Å². The normalized spacial score (nSPS) is 30.1. The Hall–Kier alpha value is -1.30.